The Labute approximate surface area is 152 Å². The van der Waals surface area contributed by atoms with Crippen molar-refractivity contribution < 1.29 is 14.3 Å². The largest absolute Gasteiger partial charge is 0.383 e. The molecule has 0 bridgehead atoms. The van der Waals surface area contributed by atoms with Crippen molar-refractivity contribution >= 4 is 17.5 Å². The molecule has 1 N–H and O–H groups in total. The molecule has 3 rings (SSSR count). The van der Waals surface area contributed by atoms with Crippen molar-refractivity contribution in [2.24, 2.45) is 0 Å². The van der Waals surface area contributed by atoms with Gasteiger partial charge in [-0.3, -0.25) is 9.48 Å². The van der Waals surface area contributed by atoms with Crippen LogP contribution in [0.25, 0.3) is 0 Å². The quantitative estimate of drug-likeness (QED) is 0.856. The fourth-order valence-corrected chi connectivity index (χ4v) is 3.19. The van der Waals surface area contributed by atoms with Crippen LogP contribution in [0.2, 0.25) is 5.02 Å². The number of methoxy groups -OCH3 is 1. The number of benzene rings is 1. The lowest BCUT2D eigenvalue weighted by Gasteiger charge is -2.24. The Morgan fingerprint density at radius 2 is 2.36 bits per heavy atom. The van der Waals surface area contributed by atoms with Gasteiger partial charge in [-0.15, -0.1) is 0 Å². The number of hydrogen-bond acceptors (Lipinski definition) is 4. The van der Waals surface area contributed by atoms with E-state index in [1.165, 1.54) is 0 Å². The van der Waals surface area contributed by atoms with E-state index < -0.39 is 0 Å². The Bertz CT molecular complexity index is 760. The molecule has 0 fully saturated rings. The summed E-state index contributed by atoms with van der Waals surface area (Å²) in [6.07, 6.45) is 1.87. The Balaban J connectivity index is 1.68. The maximum absolute atomic E-state index is 12.5. The van der Waals surface area contributed by atoms with E-state index >= 15 is 0 Å². The van der Waals surface area contributed by atoms with Gasteiger partial charge in [-0.25, -0.2) is 0 Å². The summed E-state index contributed by atoms with van der Waals surface area (Å²) in [5.41, 5.74) is 3.57. The predicted molar refractivity (Wildman–Crippen MR) is 95.0 cm³/mol. The van der Waals surface area contributed by atoms with Crippen LogP contribution in [-0.2, 0) is 22.6 Å². The minimum Gasteiger partial charge on any atom is -0.383 e. The molecular weight excluding hydrogens is 342 g/mol. The number of carbonyl (C=O) groups excluding carboxylic acids is 1. The lowest BCUT2D eigenvalue weighted by Crippen LogP contribution is -2.32. The zero-order valence-corrected chi connectivity index (χ0v) is 15.2. The van der Waals surface area contributed by atoms with Gasteiger partial charge in [-0.1, -0.05) is 17.7 Å². The van der Waals surface area contributed by atoms with Crippen LogP contribution in [0.15, 0.2) is 24.4 Å². The van der Waals surface area contributed by atoms with E-state index in [0.717, 1.165) is 16.8 Å². The van der Waals surface area contributed by atoms with Crippen molar-refractivity contribution in [1.29, 1.82) is 0 Å². The third-order valence-corrected chi connectivity index (χ3v) is 4.92. The normalized spacial score (nSPS) is 16.5. The standard InChI is InChI=1S/C18H22ClN3O3/c1-12-14(4-3-5-16(12)19)18(23)20-8-13-10-25-11-17-15(13)9-21-22(17)6-7-24-2/h3-5,9,13H,6-8,10-11H2,1-2H3,(H,20,23). The molecule has 1 aromatic carbocycles. The van der Waals surface area contributed by atoms with Gasteiger partial charge in [0.2, 0.25) is 0 Å². The van der Waals surface area contributed by atoms with Crippen LogP contribution in [0.3, 0.4) is 0 Å². The highest BCUT2D eigenvalue weighted by Crippen LogP contribution is 2.26. The summed E-state index contributed by atoms with van der Waals surface area (Å²) in [6, 6.07) is 5.34. The van der Waals surface area contributed by atoms with Gasteiger partial charge in [0.25, 0.3) is 5.91 Å². The van der Waals surface area contributed by atoms with Crippen LogP contribution in [0, 0.1) is 6.92 Å². The second kappa shape index (κ2) is 7.99. The van der Waals surface area contributed by atoms with Gasteiger partial charge in [0.1, 0.15) is 0 Å². The lowest BCUT2D eigenvalue weighted by atomic mass is 9.98. The molecule has 1 atom stereocenters. The molecule has 0 spiro atoms. The maximum Gasteiger partial charge on any atom is 0.251 e. The molecule has 6 nitrogen and oxygen atoms in total. The minimum atomic E-state index is -0.126. The molecule has 134 valence electrons. The molecule has 1 aliphatic heterocycles. The van der Waals surface area contributed by atoms with E-state index in [1.807, 2.05) is 17.8 Å². The zero-order chi connectivity index (χ0) is 17.8. The van der Waals surface area contributed by atoms with Crippen LogP contribution in [0.1, 0.15) is 33.1 Å². The molecule has 0 radical (unpaired) electrons. The highest BCUT2D eigenvalue weighted by atomic mass is 35.5. The maximum atomic E-state index is 12.5. The summed E-state index contributed by atoms with van der Waals surface area (Å²) in [5.74, 6) is -0.0395. The van der Waals surface area contributed by atoms with Crippen LogP contribution in [0.5, 0.6) is 0 Å². The number of fused-ring (bicyclic) bond motifs is 1. The van der Waals surface area contributed by atoms with Crippen LogP contribution in [0.4, 0.5) is 0 Å². The molecule has 2 heterocycles. The minimum absolute atomic E-state index is 0.0866. The number of nitrogens with zero attached hydrogens (tertiary/aromatic N) is 2. The fourth-order valence-electron chi connectivity index (χ4n) is 3.02. The van der Waals surface area contributed by atoms with Crippen LogP contribution < -0.4 is 5.32 Å². The molecule has 1 aliphatic rings. The average molecular weight is 364 g/mol. The summed E-state index contributed by atoms with van der Waals surface area (Å²) in [7, 11) is 1.67. The molecule has 7 heteroatoms. The summed E-state index contributed by atoms with van der Waals surface area (Å²) >= 11 is 6.10. The topological polar surface area (TPSA) is 65.4 Å². The number of ether oxygens (including phenoxy) is 2. The van der Waals surface area contributed by atoms with E-state index in [0.29, 0.717) is 43.5 Å². The Kier molecular flexibility index (Phi) is 5.73. The van der Waals surface area contributed by atoms with Crippen LogP contribution >= 0.6 is 11.6 Å². The molecule has 25 heavy (non-hydrogen) atoms. The molecule has 0 saturated heterocycles. The number of rotatable bonds is 6. The van der Waals surface area contributed by atoms with E-state index in [9.17, 15) is 4.79 Å². The van der Waals surface area contributed by atoms with E-state index in [1.54, 1.807) is 25.3 Å². The van der Waals surface area contributed by atoms with Crippen molar-refractivity contribution in [3.05, 3.63) is 51.8 Å². The number of nitrogens with one attached hydrogen (secondary N) is 1. The van der Waals surface area contributed by atoms with Gasteiger partial charge in [0.15, 0.2) is 0 Å². The van der Waals surface area contributed by atoms with Crippen molar-refractivity contribution in [2.75, 3.05) is 26.9 Å². The Hall–Kier alpha value is -1.89. The van der Waals surface area contributed by atoms with Gasteiger partial charge < -0.3 is 14.8 Å². The van der Waals surface area contributed by atoms with Gasteiger partial charge in [-0.05, 0) is 24.6 Å². The Morgan fingerprint density at radius 1 is 1.52 bits per heavy atom. The van der Waals surface area contributed by atoms with E-state index in [2.05, 4.69) is 10.4 Å². The number of carbonyl (C=O) groups is 1. The molecule has 1 unspecified atom stereocenters. The lowest BCUT2D eigenvalue weighted by molar-refractivity contribution is 0.0796. The SMILES string of the molecule is COCCn1ncc2c1COCC2CNC(=O)c1cccc(Cl)c1C. The first kappa shape index (κ1) is 17.9. The molecule has 2 aromatic rings. The van der Waals surface area contributed by atoms with Crippen molar-refractivity contribution in [2.45, 2.75) is 26.0 Å². The molecule has 0 saturated carbocycles. The monoisotopic (exact) mass is 363 g/mol. The first-order valence-corrected chi connectivity index (χ1v) is 8.64. The van der Waals surface area contributed by atoms with E-state index in [-0.39, 0.29) is 11.8 Å². The van der Waals surface area contributed by atoms with Crippen molar-refractivity contribution in [3.8, 4) is 0 Å². The zero-order valence-electron chi connectivity index (χ0n) is 14.4. The van der Waals surface area contributed by atoms with Crippen LogP contribution in [-0.4, -0.2) is 42.6 Å². The molecule has 0 aliphatic carbocycles. The van der Waals surface area contributed by atoms with Gasteiger partial charge in [0, 0.05) is 35.7 Å². The summed E-state index contributed by atoms with van der Waals surface area (Å²) in [6.45, 7) is 4.74. The summed E-state index contributed by atoms with van der Waals surface area (Å²) < 4.78 is 12.7. The summed E-state index contributed by atoms with van der Waals surface area (Å²) in [4.78, 5) is 12.5. The number of amides is 1. The van der Waals surface area contributed by atoms with Crippen molar-refractivity contribution in [1.82, 2.24) is 15.1 Å². The predicted octanol–water partition coefficient (Wildman–Crippen LogP) is 2.54. The Morgan fingerprint density at radius 3 is 3.16 bits per heavy atom. The fraction of sp³-hybridized carbons (Fsp3) is 0.444. The average Bonchev–Trinajstić information content (AvgIpc) is 3.04. The smallest absolute Gasteiger partial charge is 0.251 e. The molecular formula is C18H22ClN3O3. The van der Waals surface area contributed by atoms with Gasteiger partial charge >= 0.3 is 0 Å². The second-order valence-corrected chi connectivity index (χ2v) is 6.50. The van der Waals surface area contributed by atoms with Gasteiger partial charge in [-0.2, -0.15) is 5.10 Å². The molecule has 1 amide bonds. The van der Waals surface area contributed by atoms with E-state index in [4.69, 9.17) is 21.1 Å². The number of aromatic nitrogens is 2. The highest BCUT2D eigenvalue weighted by Gasteiger charge is 2.25. The number of halogens is 1. The second-order valence-electron chi connectivity index (χ2n) is 6.10. The van der Waals surface area contributed by atoms with Gasteiger partial charge in [0.05, 0.1) is 38.3 Å². The first-order valence-electron chi connectivity index (χ1n) is 8.26. The summed E-state index contributed by atoms with van der Waals surface area (Å²) in [5, 5.41) is 8.01. The highest BCUT2D eigenvalue weighted by molar-refractivity contribution is 6.31. The third kappa shape index (κ3) is 3.86. The number of hydrogen-bond donors (Lipinski definition) is 1. The molecule has 1 aromatic heterocycles. The first-order chi connectivity index (χ1) is 12.1. The third-order valence-electron chi connectivity index (χ3n) is 4.51. The van der Waals surface area contributed by atoms with Crippen molar-refractivity contribution in [3.63, 3.8) is 0 Å².